The summed E-state index contributed by atoms with van der Waals surface area (Å²) >= 11 is 0. The number of nitrogens with zero attached hydrogens (tertiary/aromatic N) is 4. The summed E-state index contributed by atoms with van der Waals surface area (Å²) in [5.74, 6) is 0.421. The van der Waals surface area contributed by atoms with Gasteiger partial charge in [-0.15, -0.1) is 0 Å². The van der Waals surface area contributed by atoms with E-state index in [9.17, 15) is 9.59 Å². The average Bonchev–Trinajstić information content (AvgIpc) is 2.77. The van der Waals surface area contributed by atoms with Crippen LogP contribution in [0.5, 0.6) is 0 Å². The third kappa shape index (κ3) is 3.81. The Kier molecular flexibility index (Phi) is 5.22. The number of amides is 1. The molecule has 3 heterocycles. The molecule has 0 bridgehead atoms. The van der Waals surface area contributed by atoms with Crippen LogP contribution in [-0.4, -0.2) is 60.5 Å². The number of rotatable bonds is 3. The van der Waals surface area contributed by atoms with Gasteiger partial charge in [0.25, 0.3) is 0 Å². The van der Waals surface area contributed by atoms with Crippen LogP contribution >= 0.6 is 0 Å². The molecule has 1 aromatic carbocycles. The molecule has 0 N–H and O–H groups in total. The second kappa shape index (κ2) is 7.81. The number of hydrogen-bond acceptors (Lipinski definition) is 6. The van der Waals surface area contributed by atoms with Gasteiger partial charge in [0.2, 0.25) is 5.91 Å². The summed E-state index contributed by atoms with van der Waals surface area (Å²) in [5, 5.41) is 0. The highest BCUT2D eigenvalue weighted by Crippen LogP contribution is 2.45. The van der Waals surface area contributed by atoms with Crippen LogP contribution < -0.4 is 4.90 Å². The van der Waals surface area contributed by atoms with Crippen molar-refractivity contribution in [3.8, 4) is 0 Å². The fourth-order valence-electron chi connectivity index (χ4n) is 4.69. The number of piperidine rings is 2. The van der Waals surface area contributed by atoms with Crippen molar-refractivity contribution in [2.75, 3.05) is 38.7 Å². The normalized spacial score (nSPS) is 21.3. The number of benzene rings is 1. The van der Waals surface area contributed by atoms with E-state index in [-0.39, 0.29) is 22.9 Å². The first-order valence-electron chi connectivity index (χ1n) is 9.97. The third-order valence-corrected chi connectivity index (χ3v) is 6.28. The van der Waals surface area contributed by atoms with Crippen LogP contribution in [0.15, 0.2) is 42.7 Å². The highest BCUT2D eigenvalue weighted by Gasteiger charge is 2.45. The van der Waals surface area contributed by atoms with Crippen LogP contribution in [0, 0.1) is 5.41 Å². The first-order chi connectivity index (χ1) is 14.0. The van der Waals surface area contributed by atoms with Gasteiger partial charge in [0, 0.05) is 32.7 Å². The highest BCUT2D eigenvalue weighted by atomic mass is 16.5. The van der Waals surface area contributed by atoms with Crippen molar-refractivity contribution in [2.24, 2.45) is 5.41 Å². The molecule has 4 rings (SSSR count). The Bertz CT molecular complexity index is 894. The van der Waals surface area contributed by atoms with Crippen LogP contribution in [0.3, 0.4) is 0 Å². The molecule has 7 heteroatoms. The van der Waals surface area contributed by atoms with Crippen molar-refractivity contribution in [3.63, 3.8) is 0 Å². The van der Waals surface area contributed by atoms with Crippen molar-refractivity contribution < 1.29 is 14.3 Å². The standard InChI is InChI=1S/C22H26N4O3/c1-25-14-22(13-17(20(25)27)16-6-4-3-5-7-16)8-10-26(11-9-22)19-12-18(21(28)29-2)23-15-24-19/h3-7,12,15,17H,8-11,13-14H2,1-2H3. The van der Waals surface area contributed by atoms with E-state index in [4.69, 9.17) is 4.74 Å². The zero-order valence-corrected chi connectivity index (χ0v) is 16.9. The van der Waals surface area contributed by atoms with Crippen LogP contribution in [-0.2, 0) is 9.53 Å². The number of likely N-dealkylation sites (N-methyl/N-ethyl adjacent to an activating group) is 1. The number of hydrogen-bond donors (Lipinski definition) is 0. The summed E-state index contributed by atoms with van der Waals surface area (Å²) in [5.41, 5.74) is 1.48. The van der Waals surface area contributed by atoms with Gasteiger partial charge in [-0.05, 0) is 30.2 Å². The molecule has 1 aromatic heterocycles. The fraction of sp³-hybridized carbons (Fsp3) is 0.455. The number of esters is 1. The molecule has 1 atom stereocenters. The van der Waals surface area contributed by atoms with Gasteiger partial charge in [0.1, 0.15) is 12.1 Å². The molecule has 0 aliphatic carbocycles. The van der Waals surface area contributed by atoms with E-state index in [0.29, 0.717) is 0 Å². The Labute approximate surface area is 170 Å². The third-order valence-electron chi connectivity index (χ3n) is 6.28. The lowest BCUT2D eigenvalue weighted by atomic mass is 9.68. The van der Waals surface area contributed by atoms with Crippen molar-refractivity contribution in [3.05, 3.63) is 54.0 Å². The summed E-state index contributed by atoms with van der Waals surface area (Å²) < 4.78 is 4.76. The van der Waals surface area contributed by atoms with Gasteiger partial charge in [-0.2, -0.15) is 0 Å². The van der Waals surface area contributed by atoms with Crippen LogP contribution in [0.2, 0.25) is 0 Å². The first kappa shape index (κ1) is 19.4. The number of likely N-dealkylation sites (tertiary alicyclic amines) is 1. The summed E-state index contributed by atoms with van der Waals surface area (Å²) in [6.45, 7) is 2.46. The lowest BCUT2D eigenvalue weighted by molar-refractivity contribution is -0.138. The Hall–Kier alpha value is -2.96. The van der Waals surface area contributed by atoms with Crippen molar-refractivity contribution in [1.82, 2.24) is 14.9 Å². The number of ether oxygens (including phenoxy) is 1. The van der Waals surface area contributed by atoms with E-state index in [1.165, 1.54) is 13.4 Å². The van der Waals surface area contributed by atoms with E-state index in [0.717, 1.165) is 50.3 Å². The van der Waals surface area contributed by atoms with Crippen molar-refractivity contribution >= 4 is 17.7 Å². The molecule has 7 nitrogen and oxygen atoms in total. The lowest BCUT2D eigenvalue weighted by Crippen LogP contribution is -2.53. The first-order valence-corrected chi connectivity index (χ1v) is 9.97. The van der Waals surface area contributed by atoms with Gasteiger partial charge in [0.15, 0.2) is 5.69 Å². The predicted octanol–water partition coefficient (Wildman–Crippen LogP) is 2.50. The molecule has 0 saturated carbocycles. The minimum absolute atomic E-state index is 0.0773. The van der Waals surface area contributed by atoms with Gasteiger partial charge in [-0.3, -0.25) is 4.79 Å². The maximum Gasteiger partial charge on any atom is 0.356 e. The highest BCUT2D eigenvalue weighted by molar-refractivity contribution is 5.87. The minimum atomic E-state index is -0.458. The van der Waals surface area contributed by atoms with E-state index >= 15 is 0 Å². The molecule has 2 aromatic rings. The van der Waals surface area contributed by atoms with E-state index < -0.39 is 5.97 Å². The van der Waals surface area contributed by atoms with Gasteiger partial charge in [-0.25, -0.2) is 14.8 Å². The second-order valence-electron chi connectivity index (χ2n) is 8.10. The van der Waals surface area contributed by atoms with Crippen molar-refractivity contribution in [2.45, 2.75) is 25.2 Å². The quantitative estimate of drug-likeness (QED) is 0.745. The molecule has 0 radical (unpaired) electrons. The maximum atomic E-state index is 12.8. The Balaban J connectivity index is 1.49. The average molecular weight is 394 g/mol. The molecular formula is C22H26N4O3. The monoisotopic (exact) mass is 394 g/mol. The molecule has 1 amide bonds. The van der Waals surface area contributed by atoms with Crippen molar-refractivity contribution in [1.29, 1.82) is 0 Å². The number of carbonyl (C=O) groups is 2. The summed E-state index contributed by atoms with van der Waals surface area (Å²) in [6.07, 6.45) is 4.24. The zero-order chi connectivity index (χ0) is 20.4. The topological polar surface area (TPSA) is 75.6 Å². The van der Waals surface area contributed by atoms with Crippen LogP contribution in [0.25, 0.3) is 0 Å². The Morgan fingerprint density at radius 2 is 1.90 bits per heavy atom. The van der Waals surface area contributed by atoms with Crippen LogP contribution in [0.4, 0.5) is 5.82 Å². The van der Waals surface area contributed by atoms with Gasteiger partial charge in [-0.1, -0.05) is 30.3 Å². The molecule has 29 heavy (non-hydrogen) atoms. The summed E-state index contributed by atoms with van der Waals surface area (Å²) in [7, 11) is 3.26. The Morgan fingerprint density at radius 3 is 2.59 bits per heavy atom. The zero-order valence-electron chi connectivity index (χ0n) is 16.9. The number of methoxy groups -OCH3 is 1. The molecule has 1 unspecified atom stereocenters. The largest absolute Gasteiger partial charge is 0.464 e. The fourth-order valence-corrected chi connectivity index (χ4v) is 4.69. The molecule has 2 fully saturated rings. The van der Waals surface area contributed by atoms with Gasteiger partial charge in [0.05, 0.1) is 13.0 Å². The molecule has 1 spiro atoms. The molecule has 152 valence electrons. The second-order valence-corrected chi connectivity index (χ2v) is 8.10. The van der Waals surface area contributed by atoms with E-state index in [1.54, 1.807) is 6.07 Å². The minimum Gasteiger partial charge on any atom is -0.464 e. The molecular weight excluding hydrogens is 368 g/mol. The lowest BCUT2D eigenvalue weighted by Gasteiger charge is -2.49. The summed E-state index contributed by atoms with van der Waals surface area (Å²) in [4.78, 5) is 37.0. The maximum absolute atomic E-state index is 12.8. The number of anilines is 1. The van der Waals surface area contributed by atoms with Crippen LogP contribution in [0.1, 0.15) is 41.2 Å². The van der Waals surface area contributed by atoms with E-state index in [2.05, 4.69) is 27.0 Å². The molecule has 2 aliphatic rings. The number of aromatic nitrogens is 2. The summed E-state index contributed by atoms with van der Waals surface area (Å²) in [6, 6.07) is 11.8. The Morgan fingerprint density at radius 1 is 1.17 bits per heavy atom. The number of carbonyl (C=O) groups excluding carboxylic acids is 2. The smallest absolute Gasteiger partial charge is 0.356 e. The SMILES string of the molecule is COC(=O)c1cc(N2CCC3(CC2)CC(c2ccccc2)C(=O)N(C)C3)ncn1. The predicted molar refractivity (Wildman–Crippen MR) is 109 cm³/mol. The molecule has 2 aliphatic heterocycles. The van der Waals surface area contributed by atoms with Gasteiger partial charge >= 0.3 is 5.97 Å². The van der Waals surface area contributed by atoms with Gasteiger partial charge < -0.3 is 14.5 Å². The van der Waals surface area contributed by atoms with E-state index in [1.807, 2.05) is 30.1 Å². The molecule has 2 saturated heterocycles.